The van der Waals surface area contributed by atoms with E-state index in [1.807, 2.05) is 32.0 Å². The molecule has 0 atom stereocenters. The van der Waals surface area contributed by atoms with E-state index in [1.165, 1.54) is 4.57 Å². The van der Waals surface area contributed by atoms with Gasteiger partial charge in [0.15, 0.2) is 5.65 Å². The summed E-state index contributed by atoms with van der Waals surface area (Å²) in [6, 6.07) is 10.8. The van der Waals surface area contributed by atoms with Crippen LogP contribution >= 0.6 is 0 Å². The first-order valence-corrected chi connectivity index (χ1v) is 9.75. The van der Waals surface area contributed by atoms with E-state index in [0.29, 0.717) is 34.9 Å². The number of carbonyl (C=O) groups excluding carboxylic acids is 1. The highest BCUT2D eigenvalue weighted by molar-refractivity contribution is 5.80. The first-order chi connectivity index (χ1) is 13.8. The van der Waals surface area contributed by atoms with E-state index in [1.54, 1.807) is 18.2 Å². The lowest BCUT2D eigenvalue weighted by Gasteiger charge is -2.15. The zero-order valence-electron chi connectivity index (χ0n) is 17.2. The largest absolute Gasteiger partial charge is 0.355 e. The number of amides is 1. The Morgan fingerprint density at radius 1 is 1.14 bits per heavy atom. The van der Waals surface area contributed by atoms with Gasteiger partial charge in [0.25, 0.3) is 5.56 Å². The molecule has 3 aromatic rings. The molecule has 0 aliphatic heterocycles. The van der Waals surface area contributed by atoms with E-state index in [4.69, 9.17) is 0 Å². The van der Waals surface area contributed by atoms with Gasteiger partial charge in [0.05, 0.1) is 11.1 Å². The predicted octanol–water partition coefficient (Wildman–Crippen LogP) is 2.33. The Labute approximate surface area is 169 Å². The van der Waals surface area contributed by atoms with Crippen molar-refractivity contribution in [2.24, 2.45) is 5.92 Å². The summed E-state index contributed by atoms with van der Waals surface area (Å²) < 4.78 is 2.39. The van der Waals surface area contributed by atoms with Crippen LogP contribution in [0.2, 0.25) is 0 Å². The summed E-state index contributed by atoms with van der Waals surface area (Å²) in [6.07, 6.45) is 0.828. The molecule has 0 spiro atoms. The molecule has 0 aliphatic carbocycles. The minimum atomic E-state index is -0.579. The van der Waals surface area contributed by atoms with Crippen molar-refractivity contribution < 1.29 is 4.79 Å². The first kappa shape index (κ1) is 20.5. The third-order valence-corrected chi connectivity index (χ3v) is 4.78. The standard InChI is InChI=1S/C22H26N4O3/c1-14(2)10-11-23-18(27)13-25-21(28)19-15(3)12-16(4)24-20(19)26(22(25)29)17-8-6-5-7-9-17/h5-9,12,14H,10-11,13H2,1-4H3,(H,23,27). The third-order valence-electron chi connectivity index (χ3n) is 4.78. The first-order valence-electron chi connectivity index (χ1n) is 9.75. The molecule has 0 saturated heterocycles. The summed E-state index contributed by atoms with van der Waals surface area (Å²) in [5, 5.41) is 3.13. The molecule has 2 heterocycles. The third kappa shape index (κ3) is 4.29. The maximum Gasteiger partial charge on any atom is 0.337 e. The van der Waals surface area contributed by atoms with Crippen LogP contribution in [0.25, 0.3) is 16.7 Å². The van der Waals surface area contributed by atoms with Crippen molar-refractivity contribution in [2.45, 2.75) is 40.7 Å². The maximum atomic E-state index is 13.3. The molecule has 2 aromatic heterocycles. The smallest absolute Gasteiger partial charge is 0.337 e. The predicted molar refractivity (Wildman–Crippen MR) is 114 cm³/mol. The fourth-order valence-corrected chi connectivity index (χ4v) is 3.33. The Bertz CT molecular complexity index is 1160. The number of fused-ring (bicyclic) bond motifs is 1. The lowest BCUT2D eigenvalue weighted by atomic mass is 10.1. The van der Waals surface area contributed by atoms with Crippen LogP contribution in [-0.2, 0) is 11.3 Å². The molecule has 0 saturated carbocycles. The van der Waals surface area contributed by atoms with Crippen LogP contribution in [0.3, 0.4) is 0 Å². The topological polar surface area (TPSA) is 86.0 Å². The Balaban J connectivity index is 2.18. The molecule has 0 unspecified atom stereocenters. The Morgan fingerprint density at radius 3 is 2.48 bits per heavy atom. The minimum Gasteiger partial charge on any atom is -0.355 e. The van der Waals surface area contributed by atoms with Gasteiger partial charge in [-0.2, -0.15) is 0 Å². The number of nitrogens with one attached hydrogen (secondary N) is 1. The van der Waals surface area contributed by atoms with E-state index >= 15 is 0 Å². The fraction of sp³-hybridized carbons (Fsp3) is 0.364. The summed E-state index contributed by atoms with van der Waals surface area (Å²) in [7, 11) is 0. The molecule has 3 rings (SSSR count). The van der Waals surface area contributed by atoms with E-state index < -0.39 is 11.2 Å². The number of nitrogens with zero attached hydrogens (tertiary/aromatic N) is 3. The maximum absolute atomic E-state index is 13.3. The number of aromatic nitrogens is 3. The van der Waals surface area contributed by atoms with Gasteiger partial charge in [-0.25, -0.2) is 18.9 Å². The molecule has 1 amide bonds. The quantitative estimate of drug-likeness (QED) is 0.695. The Morgan fingerprint density at radius 2 is 1.83 bits per heavy atom. The Hall–Kier alpha value is -3.22. The molecule has 1 aromatic carbocycles. The Kier molecular flexibility index (Phi) is 5.96. The van der Waals surface area contributed by atoms with Gasteiger partial charge in [-0.3, -0.25) is 9.59 Å². The van der Waals surface area contributed by atoms with Crippen LogP contribution in [0.1, 0.15) is 31.5 Å². The van der Waals surface area contributed by atoms with Gasteiger partial charge in [0.2, 0.25) is 5.91 Å². The molecule has 0 fully saturated rings. The lowest BCUT2D eigenvalue weighted by molar-refractivity contribution is -0.121. The average molecular weight is 394 g/mol. The van der Waals surface area contributed by atoms with Crippen molar-refractivity contribution in [3.05, 3.63) is 68.5 Å². The van der Waals surface area contributed by atoms with Gasteiger partial charge < -0.3 is 5.32 Å². The number of pyridine rings is 1. The van der Waals surface area contributed by atoms with Gasteiger partial charge in [-0.1, -0.05) is 32.0 Å². The summed E-state index contributed by atoms with van der Waals surface area (Å²) in [5.74, 6) is 0.0903. The highest BCUT2D eigenvalue weighted by Crippen LogP contribution is 2.16. The summed E-state index contributed by atoms with van der Waals surface area (Å²) in [5.41, 5.74) is 1.25. The second-order valence-corrected chi connectivity index (χ2v) is 7.66. The van der Waals surface area contributed by atoms with Gasteiger partial charge in [0, 0.05) is 12.2 Å². The fourth-order valence-electron chi connectivity index (χ4n) is 3.33. The van der Waals surface area contributed by atoms with Crippen molar-refractivity contribution in [3.63, 3.8) is 0 Å². The molecular weight excluding hydrogens is 368 g/mol. The molecule has 7 nitrogen and oxygen atoms in total. The second-order valence-electron chi connectivity index (χ2n) is 7.66. The number of hydrogen-bond donors (Lipinski definition) is 1. The van der Waals surface area contributed by atoms with E-state index in [-0.39, 0.29) is 12.5 Å². The normalized spacial score (nSPS) is 11.2. The monoisotopic (exact) mass is 394 g/mol. The number of benzene rings is 1. The molecule has 7 heteroatoms. The molecule has 0 radical (unpaired) electrons. The van der Waals surface area contributed by atoms with Crippen LogP contribution in [0.15, 0.2) is 46.0 Å². The second kappa shape index (κ2) is 8.43. The molecule has 0 bridgehead atoms. The van der Waals surface area contributed by atoms with Crippen molar-refractivity contribution in [3.8, 4) is 5.69 Å². The molecule has 29 heavy (non-hydrogen) atoms. The lowest BCUT2D eigenvalue weighted by Crippen LogP contribution is -2.44. The molecular formula is C22H26N4O3. The zero-order chi connectivity index (χ0) is 21.1. The van der Waals surface area contributed by atoms with E-state index in [0.717, 1.165) is 16.6 Å². The van der Waals surface area contributed by atoms with Crippen molar-refractivity contribution >= 4 is 16.9 Å². The number of hydrogen-bond acceptors (Lipinski definition) is 4. The number of para-hydroxylation sites is 1. The van der Waals surface area contributed by atoms with Crippen LogP contribution in [0.4, 0.5) is 0 Å². The highest BCUT2D eigenvalue weighted by atomic mass is 16.2. The molecule has 1 N–H and O–H groups in total. The van der Waals surface area contributed by atoms with Crippen LogP contribution in [0, 0.1) is 19.8 Å². The van der Waals surface area contributed by atoms with Crippen molar-refractivity contribution in [1.82, 2.24) is 19.4 Å². The SMILES string of the molecule is Cc1cc(C)c2c(=O)n(CC(=O)NCCC(C)C)c(=O)n(-c3ccccc3)c2n1. The number of carbonyl (C=O) groups is 1. The van der Waals surface area contributed by atoms with E-state index in [2.05, 4.69) is 24.1 Å². The van der Waals surface area contributed by atoms with Gasteiger partial charge >= 0.3 is 5.69 Å². The number of aryl methyl sites for hydroxylation is 2. The van der Waals surface area contributed by atoms with Gasteiger partial charge in [-0.15, -0.1) is 0 Å². The minimum absolute atomic E-state index is 0.306. The van der Waals surface area contributed by atoms with Gasteiger partial charge in [-0.05, 0) is 49.9 Å². The van der Waals surface area contributed by atoms with Crippen LogP contribution in [0.5, 0.6) is 0 Å². The van der Waals surface area contributed by atoms with Crippen LogP contribution in [-0.4, -0.2) is 26.6 Å². The van der Waals surface area contributed by atoms with E-state index in [9.17, 15) is 14.4 Å². The summed E-state index contributed by atoms with van der Waals surface area (Å²) in [4.78, 5) is 43.2. The molecule has 152 valence electrons. The molecule has 0 aliphatic rings. The number of rotatable bonds is 6. The highest BCUT2D eigenvalue weighted by Gasteiger charge is 2.19. The van der Waals surface area contributed by atoms with Crippen LogP contribution < -0.4 is 16.6 Å². The van der Waals surface area contributed by atoms with Crippen molar-refractivity contribution in [2.75, 3.05) is 6.54 Å². The van der Waals surface area contributed by atoms with Gasteiger partial charge in [0.1, 0.15) is 6.54 Å². The average Bonchev–Trinajstić information content (AvgIpc) is 2.65. The summed E-state index contributed by atoms with van der Waals surface area (Å²) >= 11 is 0. The van der Waals surface area contributed by atoms with Crippen molar-refractivity contribution in [1.29, 1.82) is 0 Å². The summed E-state index contributed by atoms with van der Waals surface area (Å²) in [6.45, 7) is 7.94. The zero-order valence-corrected chi connectivity index (χ0v) is 17.2.